The summed E-state index contributed by atoms with van der Waals surface area (Å²) < 4.78 is 15.8. The first kappa shape index (κ1) is 19.5. The normalized spacial score (nSPS) is 11.5. The van der Waals surface area contributed by atoms with E-state index < -0.39 is 12.1 Å². The number of methoxy groups -OCH3 is 1. The van der Waals surface area contributed by atoms with Crippen LogP contribution in [0.1, 0.15) is 22.8 Å². The Morgan fingerprint density at radius 3 is 2.58 bits per heavy atom. The Hall–Kier alpha value is -2.86. The fourth-order valence-corrected chi connectivity index (χ4v) is 2.16. The number of amides is 1. The molecule has 0 heterocycles. The van der Waals surface area contributed by atoms with Crippen LogP contribution in [0.5, 0.6) is 5.75 Å². The van der Waals surface area contributed by atoms with Gasteiger partial charge in [-0.2, -0.15) is 0 Å². The lowest BCUT2D eigenvalue weighted by Crippen LogP contribution is -2.37. The van der Waals surface area contributed by atoms with Gasteiger partial charge in [-0.1, -0.05) is 36.4 Å². The molecule has 0 aliphatic carbocycles. The number of nitrogens with one attached hydrogen (secondary N) is 1. The Bertz CT molecular complexity index is 717. The van der Waals surface area contributed by atoms with Crippen LogP contribution in [0, 0.1) is 0 Å². The summed E-state index contributed by atoms with van der Waals surface area (Å²) in [4.78, 5) is 24.1. The fourth-order valence-electron chi connectivity index (χ4n) is 2.16. The van der Waals surface area contributed by atoms with Crippen molar-refractivity contribution in [3.8, 4) is 5.75 Å². The van der Waals surface area contributed by atoms with Crippen LogP contribution in [0.25, 0.3) is 0 Å². The van der Waals surface area contributed by atoms with E-state index in [9.17, 15) is 9.59 Å². The molecule has 138 valence electrons. The molecule has 0 radical (unpaired) electrons. The molecule has 0 aliphatic rings. The van der Waals surface area contributed by atoms with Gasteiger partial charge in [0.25, 0.3) is 5.91 Å². The van der Waals surface area contributed by atoms with E-state index in [2.05, 4.69) is 5.32 Å². The van der Waals surface area contributed by atoms with Crippen molar-refractivity contribution in [1.29, 1.82) is 0 Å². The third kappa shape index (κ3) is 6.22. The van der Waals surface area contributed by atoms with E-state index in [1.807, 2.05) is 30.3 Å². The lowest BCUT2D eigenvalue weighted by Gasteiger charge is -2.14. The molecule has 0 fully saturated rings. The summed E-state index contributed by atoms with van der Waals surface area (Å²) in [5, 5.41) is 2.62. The number of ether oxygens (including phenoxy) is 3. The second-order valence-corrected chi connectivity index (χ2v) is 5.63. The molecular weight excluding hydrogens is 334 g/mol. The van der Waals surface area contributed by atoms with Gasteiger partial charge >= 0.3 is 5.97 Å². The average molecular weight is 357 g/mol. The van der Waals surface area contributed by atoms with E-state index >= 15 is 0 Å². The summed E-state index contributed by atoms with van der Waals surface area (Å²) in [5.74, 6) is -0.392. The molecule has 26 heavy (non-hydrogen) atoms. The first-order valence-electron chi connectivity index (χ1n) is 8.34. The van der Waals surface area contributed by atoms with Crippen LogP contribution in [-0.2, 0) is 20.9 Å². The van der Waals surface area contributed by atoms with Gasteiger partial charge < -0.3 is 19.5 Å². The van der Waals surface area contributed by atoms with Gasteiger partial charge in [0.1, 0.15) is 12.4 Å². The Morgan fingerprint density at radius 1 is 1.08 bits per heavy atom. The van der Waals surface area contributed by atoms with E-state index in [1.165, 1.54) is 6.92 Å². The fraction of sp³-hybridized carbons (Fsp3) is 0.300. The van der Waals surface area contributed by atoms with E-state index in [-0.39, 0.29) is 5.91 Å². The molecule has 1 amide bonds. The predicted molar refractivity (Wildman–Crippen MR) is 97.0 cm³/mol. The Morgan fingerprint density at radius 2 is 1.85 bits per heavy atom. The third-order valence-corrected chi connectivity index (χ3v) is 3.58. The predicted octanol–water partition coefficient (Wildman–Crippen LogP) is 2.57. The molecule has 0 aromatic heterocycles. The van der Waals surface area contributed by atoms with Gasteiger partial charge in [0.05, 0.1) is 12.2 Å². The maximum atomic E-state index is 12.2. The summed E-state index contributed by atoms with van der Waals surface area (Å²) in [6.45, 7) is 2.68. The summed E-state index contributed by atoms with van der Waals surface area (Å²) >= 11 is 0. The highest BCUT2D eigenvalue weighted by Crippen LogP contribution is 2.16. The van der Waals surface area contributed by atoms with Gasteiger partial charge in [0.2, 0.25) is 0 Å². The quantitative estimate of drug-likeness (QED) is 0.551. The maximum Gasteiger partial charge on any atom is 0.339 e. The number of benzene rings is 2. The van der Waals surface area contributed by atoms with Gasteiger partial charge in [0.15, 0.2) is 6.10 Å². The highest BCUT2D eigenvalue weighted by Gasteiger charge is 2.18. The molecule has 2 aromatic carbocycles. The molecular formula is C20H23NO5. The van der Waals surface area contributed by atoms with E-state index in [1.54, 1.807) is 31.4 Å². The molecule has 6 heteroatoms. The van der Waals surface area contributed by atoms with Crippen LogP contribution in [0.3, 0.4) is 0 Å². The number of carbonyl (C=O) groups is 2. The topological polar surface area (TPSA) is 73.9 Å². The third-order valence-electron chi connectivity index (χ3n) is 3.58. The smallest absolute Gasteiger partial charge is 0.339 e. The molecule has 6 nitrogen and oxygen atoms in total. The molecule has 0 bridgehead atoms. The van der Waals surface area contributed by atoms with Crippen molar-refractivity contribution in [2.75, 3.05) is 20.3 Å². The summed E-state index contributed by atoms with van der Waals surface area (Å²) in [5.41, 5.74) is 1.36. The van der Waals surface area contributed by atoms with Gasteiger partial charge in [-0.05, 0) is 30.7 Å². The second kappa shape index (κ2) is 10.2. The molecule has 1 N–H and O–H groups in total. The van der Waals surface area contributed by atoms with Crippen molar-refractivity contribution < 1.29 is 23.8 Å². The number of rotatable bonds is 9. The standard InChI is InChI=1S/C20H23NO5/c1-15(19(22)21-11-12-24-2)26-20(23)17-9-6-10-18(13-17)25-14-16-7-4-3-5-8-16/h3-10,13,15H,11-12,14H2,1-2H3,(H,21,22)/t15-/m1/s1. The summed E-state index contributed by atoms with van der Waals surface area (Å²) in [6.07, 6.45) is -0.895. The number of hydrogen-bond acceptors (Lipinski definition) is 5. The lowest BCUT2D eigenvalue weighted by molar-refractivity contribution is -0.129. The highest BCUT2D eigenvalue weighted by atomic mass is 16.5. The first-order chi connectivity index (χ1) is 12.6. The molecule has 0 unspecified atom stereocenters. The molecule has 0 aliphatic heterocycles. The maximum absolute atomic E-state index is 12.2. The van der Waals surface area contributed by atoms with Crippen LogP contribution in [0.15, 0.2) is 54.6 Å². The molecule has 1 atom stereocenters. The van der Waals surface area contributed by atoms with Gasteiger partial charge in [-0.15, -0.1) is 0 Å². The zero-order chi connectivity index (χ0) is 18.8. The Balaban J connectivity index is 1.89. The molecule has 2 aromatic rings. The number of hydrogen-bond donors (Lipinski definition) is 1. The minimum absolute atomic E-state index is 0.326. The van der Waals surface area contributed by atoms with E-state index in [0.717, 1.165) is 5.56 Å². The lowest BCUT2D eigenvalue weighted by atomic mass is 10.2. The van der Waals surface area contributed by atoms with Crippen molar-refractivity contribution in [3.63, 3.8) is 0 Å². The SMILES string of the molecule is COCCNC(=O)[C@@H](C)OC(=O)c1cccc(OCc2ccccc2)c1. The number of carbonyl (C=O) groups excluding carboxylic acids is 2. The monoisotopic (exact) mass is 357 g/mol. The van der Waals surface area contributed by atoms with Crippen LogP contribution >= 0.6 is 0 Å². The van der Waals surface area contributed by atoms with Crippen molar-refractivity contribution in [1.82, 2.24) is 5.32 Å². The summed E-state index contributed by atoms with van der Waals surface area (Å²) in [7, 11) is 1.54. The minimum atomic E-state index is -0.895. The van der Waals surface area contributed by atoms with Crippen LogP contribution in [0.2, 0.25) is 0 Å². The van der Waals surface area contributed by atoms with Crippen LogP contribution < -0.4 is 10.1 Å². The zero-order valence-electron chi connectivity index (χ0n) is 14.9. The Labute approximate surface area is 153 Å². The van der Waals surface area contributed by atoms with Crippen LogP contribution in [0.4, 0.5) is 0 Å². The average Bonchev–Trinajstić information content (AvgIpc) is 2.67. The van der Waals surface area contributed by atoms with E-state index in [4.69, 9.17) is 14.2 Å². The first-order valence-corrected chi connectivity index (χ1v) is 8.34. The van der Waals surface area contributed by atoms with E-state index in [0.29, 0.717) is 31.1 Å². The zero-order valence-corrected chi connectivity index (χ0v) is 14.9. The number of esters is 1. The molecule has 0 spiro atoms. The van der Waals surface area contributed by atoms with Gasteiger partial charge in [-0.3, -0.25) is 4.79 Å². The molecule has 2 rings (SSSR count). The highest BCUT2D eigenvalue weighted by molar-refractivity contribution is 5.92. The largest absolute Gasteiger partial charge is 0.489 e. The van der Waals surface area contributed by atoms with Gasteiger partial charge in [0, 0.05) is 13.7 Å². The van der Waals surface area contributed by atoms with Crippen molar-refractivity contribution in [2.24, 2.45) is 0 Å². The molecule has 0 saturated heterocycles. The van der Waals surface area contributed by atoms with Gasteiger partial charge in [-0.25, -0.2) is 4.79 Å². The Kier molecular flexibility index (Phi) is 7.64. The van der Waals surface area contributed by atoms with Crippen molar-refractivity contribution in [3.05, 3.63) is 65.7 Å². The minimum Gasteiger partial charge on any atom is -0.489 e. The summed E-state index contributed by atoms with van der Waals surface area (Å²) in [6, 6.07) is 16.4. The van der Waals surface area contributed by atoms with Crippen LogP contribution in [-0.4, -0.2) is 38.2 Å². The van der Waals surface area contributed by atoms with Crippen molar-refractivity contribution in [2.45, 2.75) is 19.6 Å². The molecule has 0 saturated carbocycles. The van der Waals surface area contributed by atoms with Crippen molar-refractivity contribution >= 4 is 11.9 Å². The second-order valence-electron chi connectivity index (χ2n) is 5.63.